The van der Waals surface area contributed by atoms with Gasteiger partial charge in [-0.3, -0.25) is 0 Å². The maximum Gasteiger partial charge on any atom is 0.485 e. The number of benzene rings is 2. The van der Waals surface area contributed by atoms with E-state index in [0.717, 1.165) is 11.1 Å². The van der Waals surface area contributed by atoms with Crippen molar-refractivity contribution in [2.75, 3.05) is 0 Å². The largest absolute Gasteiger partial charge is 0.741 e. The Hall–Kier alpha value is -1.79. The molecule has 0 saturated heterocycles. The smallest absolute Gasteiger partial charge is 0.485 e. The van der Waals surface area contributed by atoms with Crippen LogP contribution in [0.4, 0.5) is 13.2 Å². The van der Waals surface area contributed by atoms with Crippen molar-refractivity contribution in [3.8, 4) is 0 Å². The molecule has 0 spiro atoms. The maximum atomic E-state index is 12.0. The Morgan fingerprint density at radius 3 is 1.30 bits per heavy atom. The SMILES string of the molecule is Cc1ccc(C(=O)[I+]C(=O)c2ccc(C)cc2)cc1.O=S(=O)([O-])C(F)(F)F. The first kappa shape index (κ1) is 23.2. The maximum absolute atomic E-state index is 12.0. The van der Waals surface area contributed by atoms with Crippen molar-refractivity contribution < 1.29 is 56.9 Å². The summed E-state index contributed by atoms with van der Waals surface area (Å²) in [6.45, 7) is 3.95. The van der Waals surface area contributed by atoms with Gasteiger partial charge in [-0.1, -0.05) is 35.4 Å². The summed E-state index contributed by atoms with van der Waals surface area (Å²) in [5, 5.41) is 0. The second-order valence-corrected chi connectivity index (χ2v) is 9.14. The third-order valence-corrected chi connectivity index (χ3v) is 5.80. The minimum Gasteiger partial charge on any atom is -0.741 e. The van der Waals surface area contributed by atoms with Crippen LogP contribution in [0.2, 0.25) is 0 Å². The van der Waals surface area contributed by atoms with E-state index in [1.165, 1.54) is 0 Å². The molecule has 27 heavy (non-hydrogen) atoms. The molecule has 0 saturated carbocycles. The van der Waals surface area contributed by atoms with Crippen LogP contribution in [0.1, 0.15) is 31.8 Å². The highest BCUT2D eigenvalue weighted by molar-refractivity contribution is 7.86. The first-order valence-corrected chi connectivity index (χ1v) is 10.8. The van der Waals surface area contributed by atoms with Crippen molar-refractivity contribution in [3.63, 3.8) is 0 Å². The zero-order valence-electron chi connectivity index (χ0n) is 14.1. The van der Waals surface area contributed by atoms with E-state index in [0.29, 0.717) is 11.1 Å². The number of alkyl halides is 3. The van der Waals surface area contributed by atoms with Crippen LogP contribution >= 0.6 is 0 Å². The van der Waals surface area contributed by atoms with E-state index in [-0.39, 0.29) is 7.58 Å². The van der Waals surface area contributed by atoms with Crippen molar-refractivity contribution in [2.45, 2.75) is 19.4 Å². The van der Waals surface area contributed by atoms with Crippen molar-refractivity contribution in [2.24, 2.45) is 0 Å². The highest BCUT2D eigenvalue weighted by Crippen LogP contribution is 2.20. The molecular formula is C17H14F3IO5S. The van der Waals surface area contributed by atoms with Gasteiger partial charge in [-0.15, -0.1) is 0 Å². The number of halogens is 4. The van der Waals surface area contributed by atoms with E-state index in [1.54, 1.807) is 24.3 Å². The zero-order valence-corrected chi connectivity index (χ0v) is 17.1. The number of carbonyl (C=O) groups excluding carboxylic acids is 2. The van der Waals surface area contributed by atoms with Gasteiger partial charge in [0.15, 0.2) is 10.1 Å². The summed E-state index contributed by atoms with van der Waals surface area (Å²) in [6, 6.07) is 14.8. The van der Waals surface area contributed by atoms with Gasteiger partial charge < -0.3 is 4.55 Å². The summed E-state index contributed by atoms with van der Waals surface area (Å²) in [5.41, 5.74) is -2.15. The molecule has 0 radical (unpaired) electrons. The number of aryl methyl sites for hydroxylation is 2. The quantitative estimate of drug-likeness (QED) is 0.256. The minimum atomic E-state index is -6.09. The topological polar surface area (TPSA) is 91.3 Å². The monoisotopic (exact) mass is 514 g/mol. The average molecular weight is 514 g/mol. The number of hydrogen-bond donors (Lipinski definition) is 0. The van der Waals surface area contributed by atoms with Crippen LogP contribution in [0.15, 0.2) is 48.5 Å². The van der Waals surface area contributed by atoms with E-state index in [4.69, 9.17) is 13.0 Å². The molecule has 0 aliphatic carbocycles. The van der Waals surface area contributed by atoms with Crippen LogP contribution in [0.3, 0.4) is 0 Å². The summed E-state index contributed by atoms with van der Waals surface area (Å²) < 4.78 is 58.9. The van der Waals surface area contributed by atoms with Crippen LogP contribution in [-0.2, 0) is 10.1 Å². The second kappa shape index (κ2) is 9.42. The first-order valence-electron chi connectivity index (χ1n) is 7.20. The molecule has 0 fully saturated rings. The Morgan fingerprint density at radius 1 is 0.815 bits per heavy atom. The molecule has 5 nitrogen and oxygen atoms in total. The van der Waals surface area contributed by atoms with Crippen LogP contribution in [0.5, 0.6) is 0 Å². The standard InChI is InChI=1S/C16H14IO2.CHF3O3S/c1-11-3-7-13(8-4-11)15(18)17-16(19)14-9-5-12(2)6-10-14;2-1(3,4)8(5,6)7/h3-10H,1-2H3;(H,5,6,7)/q+1;/p-1. The molecule has 0 N–H and O–H groups in total. The van der Waals surface area contributed by atoms with Gasteiger partial charge in [0, 0.05) is 0 Å². The zero-order chi connectivity index (χ0) is 20.8. The normalized spacial score (nSPS) is 11.3. The van der Waals surface area contributed by atoms with Gasteiger partial charge in [0.05, 0.1) is 11.1 Å². The van der Waals surface area contributed by atoms with Crippen LogP contribution in [-0.4, -0.2) is 26.1 Å². The van der Waals surface area contributed by atoms with E-state index in [9.17, 15) is 22.8 Å². The third kappa shape index (κ3) is 7.77. The lowest BCUT2D eigenvalue weighted by atomic mass is 10.2. The molecule has 0 aromatic heterocycles. The summed E-state index contributed by atoms with van der Waals surface area (Å²) in [4.78, 5) is 24.1. The Bertz CT molecular complexity index is 850. The molecule has 146 valence electrons. The van der Waals surface area contributed by atoms with Gasteiger partial charge in [0.1, 0.15) is 0 Å². The fourth-order valence-corrected chi connectivity index (χ4v) is 3.34. The molecule has 2 aromatic rings. The predicted octanol–water partition coefficient (Wildman–Crippen LogP) is 0.424. The van der Waals surface area contributed by atoms with Crippen molar-refractivity contribution >= 4 is 17.7 Å². The van der Waals surface area contributed by atoms with Gasteiger partial charge in [0.2, 0.25) is 0 Å². The first-order chi connectivity index (χ1) is 12.3. The number of carbonyl (C=O) groups is 2. The molecule has 0 amide bonds. The highest BCUT2D eigenvalue weighted by Gasteiger charge is 2.37. The molecule has 0 bridgehead atoms. The van der Waals surface area contributed by atoms with E-state index in [1.807, 2.05) is 38.1 Å². The molecule has 0 aliphatic heterocycles. The van der Waals surface area contributed by atoms with Crippen molar-refractivity contribution in [1.29, 1.82) is 0 Å². The van der Waals surface area contributed by atoms with Gasteiger partial charge >= 0.3 is 34.3 Å². The molecular weight excluding hydrogens is 500 g/mol. The summed E-state index contributed by atoms with van der Waals surface area (Å²) >= 11 is -1.16. The van der Waals surface area contributed by atoms with Crippen LogP contribution < -0.4 is 21.2 Å². The lowest BCUT2D eigenvalue weighted by molar-refractivity contribution is -0.450. The van der Waals surface area contributed by atoms with Crippen molar-refractivity contribution in [1.82, 2.24) is 0 Å². The summed E-state index contributed by atoms with van der Waals surface area (Å²) in [5.74, 6) is 0. The Morgan fingerprint density at radius 2 is 1.07 bits per heavy atom. The third-order valence-electron chi connectivity index (χ3n) is 3.01. The molecule has 0 heterocycles. The van der Waals surface area contributed by atoms with Crippen molar-refractivity contribution in [3.05, 3.63) is 70.8 Å². The molecule has 10 heteroatoms. The molecule has 0 aliphatic rings. The number of hydrogen-bond acceptors (Lipinski definition) is 5. The Labute approximate surface area is 164 Å². The second-order valence-electron chi connectivity index (χ2n) is 5.27. The fraction of sp³-hybridized carbons (Fsp3) is 0.176. The predicted molar refractivity (Wildman–Crippen MR) is 86.8 cm³/mol. The number of rotatable bonds is 4. The van der Waals surface area contributed by atoms with E-state index < -0.39 is 36.8 Å². The summed E-state index contributed by atoms with van der Waals surface area (Å²) in [6.07, 6.45) is 0. The molecule has 2 rings (SSSR count). The van der Waals surface area contributed by atoms with Gasteiger partial charge in [-0.2, -0.15) is 13.2 Å². The minimum absolute atomic E-state index is 0.0237. The molecule has 0 unspecified atom stereocenters. The lowest BCUT2D eigenvalue weighted by Crippen LogP contribution is -3.67. The molecule has 2 aromatic carbocycles. The van der Waals surface area contributed by atoms with Crippen LogP contribution in [0.25, 0.3) is 0 Å². The van der Waals surface area contributed by atoms with Gasteiger partial charge in [0.25, 0.3) is 0 Å². The van der Waals surface area contributed by atoms with Crippen LogP contribution in [0, 0.1) is 13.8 Å². The highest BCUT2D eigenvalue weighted by atomic mass is 127. The average Bonchev–Trinajstić information content (AvgIpc) is 2.54. The van der Waals surface area contributed by atoms with E-state index >= 15 is 0 Å². The molecule has 0 atom stereocenters. The van der Waals surface area contributed by atoms with E-state index in [2.05, 4.69) is 0 Å². The van der Waals surface area contributed by atoms with Gasteiger partial charge in [-0.05, 0) is 38.1 Å². The Kier molecular flexibility index (Phi) is 8.11. The summed E-state index contributed by atoms with van der Waals surface area (Å²) in [7, 11) is -6.09. The van der Waals surface area contributed by atoms with Gasteiger partial charge in [-0.25, -0.2) is 18.0 Å². The fourth-order valence-electron chi connectivity index (χ4n) is 1.56. The Balaban J connectivity index is 0.000000387. The lowest BCUT2D eigenvalue weighted by Gasteiger charge is -2.08.